The molecule has 0 saturated carbocycles. The van der Waals surface area contributed by atoms with Gasteiger partial charge in [0.05, 0.1) is 16.0 Å². The van der Waals surface area contributed by atoms with E-state index in [2.05, 4.69) is 21.8 Å². The van der Waals surface area contributed by atoms with Gasteiger partial charge >= 0.3 is 0 Å². The molecule has 9 nitrogen and oxygen atoms in total. The van der Waals surface area contributed by atoms with Gasteiger partial charge in [0.15, 0.2) is 0 Å². The number of nitrogens with two attached hydrogens (primary N) is 1. The van der Waals surface area contributed by atoms with Crippen molar-refractivity contribution >= 4 is 62.6 Å². The first-order valence-corrected chi connectivity index (χ1v) is 21.2. The second-order valence-electron chi connectivity index (χ2n) is 13.2. The number of carbonyl (C=O) groups is 3. The lowest BCUT2D eigenvalue weighted by molar-refractivity contribution is -0.136. The average Bonchev–Trinajstić information content (AvgIpc) is 3.42. The number of hydrogen-bond acceptors (Lipinski definition) is 8. The number of amides is 3. The molecule has 5 aromatic rings. The zero-order valence-electron chi connectivity index (χ0n) is 30.7. The summed E-state index contributed by atoms with van der Waals surface area (Å²) in [6.45, 7) is 1.63. The summed E-state index contributed by atoms with van der Waals surface area (Å²) < 4.78 is 83.3. The van der Waals surface area contributed by atoms with E-state index in [9.17, 15) is 40.4 Å². The standard InChI is InChI=1S/C42H36F4N4O5S3/c43-29-12-18-34(36(45)23-29)39-40(35-19-13-30(44)24-37(35)46)42(53)50(41(39)52)20-4-7-38(51)48-57-32-14-8-27(9-15-32)25-49(21-22-56-31-5-2-1-3-6-31)26-28-10-16-33(17-11-28)58(47,54)55/h1-3,5-6,8-19,23-24H,4,7,20-22,25-26H2,(H,48,51)(H2,47,54,55). The Kier molecular flexibility index (Phi) is 13.9. The van der Waals surface area contributed by atoms with Crippen molar-refractivity contribution in [1.82, 2.24) is 14.5 Å². The van der Waals surface area contributed by atoms with Crippen LogP contribution in [0.2, 0.25) is 0 Å². The summed E-state index contributed by atoms with van der Waals surface area (Å²) in [5.41, 5.74) is 0.0936. The van der Waals surface area contributed by atoms with Gasteiger partial charge in [0.1, 0.15) is 23.3 Å². The first kappa shape index (κ1) is 42.3. The van der Waals surface area contributed by atoms with Crippen LogP contribution in [0.25, 0.3) is 11.1 Å². The van der Waals surface area contributed by atoms with Crippen LogP contribution in [-0.2, 0) is 37.5 Å². The molecule has 1 aliphatic rings. The summed E-state index contributed by atoms with van der Waals surface area (Å²) in [5.74, 6) is -5.64. The van der Waals surface area contributed by atoms with Crippen molar-refractivity contribution in [2.45, 2.75) is 40.6 Å². The van der Waals surface area contributed by atoms with Crippen LogP contribution in [0.1, 0.15) is 35.1 Å². The molecule has 0 spiro atoms. The first-order valence-electron chi connectivity index (χ1n) is 17.8. The maximum absolute atomic E-state index is 14.9. The topological polar surface area (TPSA) is 130 Å². The maximum atomic E-state index is 14.9. The van der Waals surface area contributed by atoms with E-state index < -0.39 is 73.3 Å². The second-order valence-corrected chi connectivity index (χ2v) is 16.8. The Hall–Kier alpha value is -5.26. The summed E-state index contributed by atoms with van der Waals surface area (Å²) in [5, 5.41) is 5.26. The zero-order valence-corrected chi connectivity index (χ0v) is 33.1. The van der Waals surface area contributed by atoms with E-state index in [1.54, 1.807) is 23.9 Å². The lowest BCUT2D eigenvalue weighted by Crippen LogP contribution is -2.33. The zero-order chi connectivity index (χ0) is 41.4. The molecule has 0 bridgehead atoms. The SMILES string of the molecule is NS(=O)(=O)c1ccc(CN(CCSc2ccccc2)Cc2ccc(SNC(=O)CCCN3C(=O)C(c4ccc(F)cc4F)=C(c4ccc(F)cc4F)C3=O)cc2)cc1. The van der Waals surface area contributed by atoms with Crippen LogP contribution in [-0.4, -0.2) is 54.8 Å². The molecular weight excluding hydrogens is 813 g/mol. The summed E-state index contributed by atoms with van der Waals surface area (Å²) in [6, 6.07) is 28.9. The van der Waals surface area contributed by atoms with Gasteiger partial charge in [-0.2, -0.15) is 0 Å². The van der Waals surface area contributed by atoms with Crippen molar-refractivity contribution in [2.75, 3.05) is 18.8 Å². The predicted octanol–water partition coefficient (Wildman–Crippen LogP) is 7.57. The van der Waals surface area contributed by atoms with Crippen LogP contribution in [0.5, 0.6) is 0 Å². The quantitative estimate of drug-likeness (QED) is 0.0425. The lowest BCUT2D eigenvalue weighted by atomic mass is 9.95. The van der Waals surface area contributed by atoms with E-state index in [1.807, 2.05) is 42.5 Å². The number of sulfonamides is 1. The fraction of sp³-hybridized carbons (Fsp3) is 0.167. The summed E-state index contributed by atoms with van der Waals surface area (Å²) in [6.07, 6.45) is -0.0822. The molecule has 0 saturated heterocycles. The van der Waals surface area contributed by atoms with E-state index in [1.165, 1.54) is 12.1 Å². The van der Waals surface area contributed by atoms with E-state index in [-0.39, 0.29) is 24.3 Å². The number of nitrogens with one attached hydrogen (secondary N) is 1. The number of benzene rings is 5. The van der Waals surface area contributed by atoms with Crippen LogP contribution in [0.15, 0.2) is 130 Å². The Labute approximate surface area is 341 Å². The van der Waals surface area contributed by atoms with Crippen molar-refractivity contribution in [3.63, 3.8) is 0 Å². The maximum Gasteiger partial charge on any atom is 0.262 e. The smallest absolute Gasteiger partial charge is 0.262 e. The van der Waals surface area contributed by atoms with Gasteiger partial charge in [-0.15, -0.1) is 11.8 Å². The molecular formula is C42H36F4N4O5S3. The Morgan fingerprint density at radius 2 is 1.24 bits per heavy atom. The first-order chi connectivity index (χ1) is 27.8. The van der Waals surface area contributed by atoms with Gasteiger partial charge in [-0.3, -0.25) is 28.9 Å². The number of imide groups is 1. The van der Waals surface area contributed by atoms with Crippen molar-refractivity contribution in [1.29, 1.82) is 0 Å². The predicted molar refractivity (Wildman–Crippen MR) is 215 cm³/mol. The van der Waals surface area contributed by atoms with Gasteiger partial charge in [0.25, 0.3) is 11.8 Å². The summed E-state index contributed by atoms with van der Waals surface area (Å²) >= 11 is 2.81. The molecule has 0 radical (unpaired) electrons. The normalized spacial score (nSPS) is 13.2. The highest BCUT2D eigenvalue weighted by atomic mass is 32.2. The van der Waals surface area contributed by atoms with Gasteiger partial charge < -0.3 is 0 Å². The second kappa shape index (κ2) is 19.0. The molecule has 0 atom stereocenters. The Bertz CT molecular complexity index is 2380. The lowest BCUT2D eigenvalue weighted by Gasteiger charge is -2.23. The molecule has 6 rings (SSSR count). The highest BCUT2D eigenvalue weighted by molar-refractivity contribution is 7.99. The fourth-order valence-corrected chi connectivity index (χ4v) is 8.27. The molecule has 300 valence electrons. The molecule has 3 N–H and O–H groups in total. The van der Waals surface area contributed by atoms with Crippen molar-refractivity contribution in [2.24, 2.45) is 5.14 Å². The fourth-order valence-electron chi connectivity index (χ4n) is 6.22. The number of carbonyl (C=O) groups excluding carboxylic acids is 3. The molecule has 1 heterocycles. The average molecular weight is 849 g/mol. The minimum absolute atomic E-state index is 0.0182. The monoisotopic (exact) mass is 848 g/mol. The summed E-state index contributed by atoms with van der Waals surface area (Å²) in [4.78, 5) is 44.7. The van der Waals surface area contributed by atoms with Gasteiger partial charge in [0.2, 0.25) is 15.9 Å². The van der Waals surface area contributed by atoms with Crippen LogP contribution >= 0.6 is 23.7 Å². The van der Waals surface area contributed by atoms with Crippen LogP contribution in [0.4, 0.5) is 17.6 Å². The largest absolute Gasteiger partial charge is 0.296 e. The van der Waals surface area contributed by atoms with E-state index in [0.717, 1.165) is 74.3 Å². The highest BCUT2D eigenvalue weighted by Crippen LogP contribution is 2.38. The van der Waals surface area contributed by atoms with E-state index in [4.69, 9.17) is 5.14 Å². The van der Waals surface area contributed by atoms with Gasteiger partial charge in [-0.05, 0) is 90.2 Å². The molecule has 0 unspecified atom stereocenters. The minimum atomic E-state index is -3.81. The molecule has 3 amide bonds. The van der Waals surface area contributed by atoms with Crippen LogP contribution in [0, 0.1) is 23.3 Å². The Morgan fingerprint density at radius 1 is 0.707 bits per heavy atom. The number of thioether (sulfide) groups is 1. The molecule has 0 aromatic heterocycles. The van der Waals surface area contributed by atoms with E-state index in [0.29, 0.717) is 25.2 Å². The Balaban J connectivity index is 1.04. The van der Waals surface area contributed by atoms with Crippen molar-refractivity contribution in [3.05, 3.63) is 161 Å². The molecule has 0 aliphatic carbocycles. The summed E-state index contributed by atoms with van der Waals surface area (Å²) in [7, 11) is -3.81. The van der Waals surface area contributed by atoms with E-state index >= 15 is 0 Å². The van der Waals surface area contributed by atoms with Gasteiger partial charge in [0, 0.05) is 71.4 Å². The highest BCUT2D eigenvalue weighted by Gasteiger charge is 2.41. The van der Waals surface area contributed by atoms with Crippen molar-refractivity contribution in [3.8, 4) is 0 Å². The third kappa shape index (κ3) is 10.8. The molecule has 16 heteroatoms. The number of nitrogens with zero attached hydrogens (tertiary/aromatic N) is 2. The minimum Gasteiger partial charge on any atom is -0.296 e. The van der Waals surface area contributed by atoms with Crippen LogP contribution in [0.3, 0.4) is 0 Å². The Morgan fingerprint density at radius 3 is 1.76 bits per heavy atom. The van der Waals surface area contributed by atoms with Gasteiger partial charge in [-0.25, -0.2) is 31.1 Å². The van der Waals surface area contributed by atoms with Gasteiger partial charge in [-0.1, -0.05) is 42.5 Å². The number of halogens is 4. The molecule has 58 heavy (non-hydrogen) atoms. The van der Waals surface area contributed by atoms with Crippen LogP contribution < -0.4 is 9.86 Å². The third-order valence-electron chi connectivity index (χ3n) is 9.04. The third-order valence-corrected chi connectivity index (χ3v) is 11.8. The van der Waals surface area contributed by atoms with Crippen molar-refractivity contribution < 1.29 is 40.4 Å². The number of hydrogen-bond donors (Lipinski definition) is 2. The molecule has 5 aromatic carbocycles. The molecule has 0 fully saturated rings. The number of rotatable bonds is 17. The number of primary sulfonamides is 1. The molecule has 1 aliphatic heterocycles.